The summed E-state index contributed by atoms with van der Waals surface area (Å²) in [6.07, 6.45) is 3.60. The molecule has 2 aromatic rings. The Labute approximate surface area is 239 Å². The van der Waals surface area contributed by atoms with Crippen molar-refractivity contribution in [1.29, 1.82) is 0 Å². The Hall–Kier alpha value is -3.55. The van der Waals surface area contributed by atoms with Crippen molar-refractivity contribution in [2.45, 2.75) is 97.8 Å². The molecule has 0 heterocycles. The number of aromatic hydroxyl groups is 1. The fourth-order valence-electron chi connectivity index (χ4n) is 4.31. The lowest BCUT2D eigenvalue weighted by Crippen LogP contribution is -2.54. The summed E-state index contributed by atoms with van der Waals surface area (Å²) in [6.45, 7) is 12.3. The van der Waals surface area contributed by atoms with Gasteiger partial charge in [0.05, 0.1) is 0 Å². The summed E-state index contributed by atoms with van der Waals surface area (Å²) in [7, 11) is 0. The number of amides is 3. The van der Waals surface area contributed by atoms with E-state index in [1.807, 2.05) is 31.2 Å². The molecule has 3 amide bonds. The first-order valence-electron chi connectivity index (χ1n) is 14.4. The average Bonchev–Trinajstić information content (AvgIpc) is 2.90. The summed E-state index contributed by atoms with van der Waals surface area (Å²) >= 11 is 0. The van der Waals surface area contributed by atoms with Crippen molar-refractivity contribution < 1.29 is 24.2 Å². The lowest BCUT2D eigenvalue weighted by Gasteiger charge is -2.34. The Kier molecular flexibility index (Phi) is 13.0. The van der Waals surface area contributed by atoms with Gasteiger partial charge < -0.3 is 25.4 Å². The monoisotopic (exact) mass is 553 g/mol. The number of nitrogens with one attached hydrogen (secondary N) is 2. The van der Waals surface area contributed by atoms with Gasteiger partial charge in [-0.3, -0.25) is 9.59 Å². The van der Waals surface area contributed by atoms with Crippen LogP contribution in [0.3, 0.4) is 0 Å². The van der Waals surface area contributed by atoms with E-state index in [0.29, 0.717) is 19.5 Å². The van der Waals surface area contributed by atoms with Crippen LogP contribution in [-0.2, 0) is 27.2 Å². The summed E-state index contributed by atoms with van der Waals surface area (Å²) in [5.74, 6) is -0.513. The Morgan fingerprint density at radius 3 is 2.05 bits per heavy atom. The molecule has 0 saturated heterocycles. The molecule has 0 saturated carbocycles. The van der Waals surface area contributed by atoms with E-state index < -0.39 is 23.8 Å². The summed E-state index contributed by atoms with van der Waals surface area (Å²) in [4.78, 5) is 42.4. The number of benzene rings is 2. The number of rotatable bonds is 14. The van der Waals surface area contributed by atoms with Crippen molar-refractivity contribution in [1.82, 2.24) is 15.5 Å². The molecule has 8 heteroatoms. The van der Waals surface area contributed by atoms with Crippen LogP contribution in [0.25, 0.3) is 0 Å². The van der Waals surface area contributed by atoms with Crippen LogP contribution in [0.15, 0.2) is 48.5 Å². The van der Waals surface area contributed by atoms with Crippen molar-refractivity contribution in [3.8, 4) is 5.75 Å². The van der Waals surface area contributed by atoms with E-state index in [2.05, 4.69) is 24.5 Å². The fraction of sp³-hybridized carbons (Fsp3) is 0.531. The van der Waals surface area contributed by atoms with Crippen molar-refractivity contribution in [2.75, 3.05) is 13.1 Å². The van der Waals surface area contributed by atoms with Crippen molar-refractivity contribution in [3.63, 3.8) is 0 Å². The van der Waals surface area contributed by atoms with Gasteiger partial charge in [0.1, 0.15) is 23.4 Å². The van der Waals surface area contributed by atoms with Crippen molar-refractivity contribution in [3.05, 3.63) is 65.2 Å². The average molecular weight is 554 g/mol. The van der Waals surface area contributed by atoms with Crippen LogP contribution in [0.1, 0.15) is 90.0 Å². The number of aryl methyl sites for hydroxylation is 1. The second-order valence-corrected chi connectivity index (χ2v) is 11.1. The van der Waals surface area contributed by atoms with Crippen LogP contribution in [0.5, 0.6) is 5.75 Å². The molecule has 2 rings (SSSR count). The Morgan fingerprint density at radius 2 is 1.50 bits per heavy atom. The molecular weight excluding hydrogens is 506 g/mol. The van der Waals surface area contributed by atoms with E-state index in [-0.39, 0.29) is 24.0 Å². The number of ether oxygens (including phenoxy) is 1. The van der Waals surface area contributed by atoms with Gasteiger partial charge in [-0.2, -0.15) is 0 Å². The molecule has 2 unspecified atom stereocenters. The molecule has 8 nitrogen and oxygen atoms in total. The number of alkyl carbamates (subject to hydrolysis) is 1. The Morgan fingerprint density at radius 1 is 0.900 bits per heavy atom. The topological polar surface area (TPSA) is 108 Å². The zero-order chi connectivity index (χ0) is 29.7. The molecule has 0 fully saturated rings. The van der Waals surface area contributed by atoms with Crippen LogP contribution in [0.2, 0.25) is 0 Å². The fourth-order valence-corrected chi connectivity index (χ4v) is 4.31. The first kappa shape index (κ1) is 32.7. The zero-order valence-corrected chi connectivity index (χ0v) is 25.0. The van der Waals surface area contributed by atoms with E-state index >= 15 is 0 Å². The highest BCUT2D eigenvalue weighted by atomic mass is 16.6. The Balaban J connectivity index is 2.52. The van der Waals surface area contributed by atoms with E-state index in [0.717, 1.165) is 42.4 Å². The first-order chi connectivity index (χ1) is 19.0. The molecule has 0 aliphatic rings. The normalized spacial score (nSPS) is 12.8. The second-order valence-electron chi connectivity index (χ2n) is 11.1. The molecule has 0 radical (unpaired) electrons. The van der Waals surface area contributed by atoms with Gasteiger partial charge in [-0.1, -0.05) is 70.0 Å². The predicted octanol–water partition coefficient (Wildman–Crippen LogP) is 5.68. The van der Waals surface area contributed by atoms with Gasteiger partial charge >= 0.3 is 6.09 Å². The number of hydrogen-bond acceptors (Lipinski definition) is 5. The van der Waals surface area contributed by atoms with E-state index in [9.17, 15) is 19.5 Å². The maximum Gasteiger partial charge on any atom is 0.408 e. The van der Waals surface area contributed by atoms with Gasteiger partial charge in [0.15, 0.2) is 0 Å². The SMILES string of the molecule is CCCCNC(=O)C(c1ccc(CC)cc1)N(CCCC)C(=O)C(Cc1ccc(O)cc1)NC(=O)OC(C)(C)C. The molecule has 0 spiro atoms. The molecule has 220 valence electrons. The van der Waals surface area contributed by atoms with E-state index in [4.69, 9.17) is 4.74 Å². The minimum Gasteiger partial charge on any atom is -0.508 e. The standard InChI is InChI=1S/C32H47N3O5/c1-7-10-20-33-29(37)28(25-16-12-23(9-3)13-17-25)35(21-11-8-2)30(38)27(34-31(39)40-32(4,5)6)22-24-14-18-26(36)19-15-24/h12-19,27-28,36H,7-11,20-22H2,1-6H3,(H,33,37)(H,34,39). The van der Waals surface area contributed by atoms with E-state index in [1.165, 1.54) is 0 Å². The van der Waals surface area contributed by atoms with Gasteiger partial charge in [-0.15, -0.1) is 0 Å². The third-order valence-electron chi connectivity index (χ3n) is 6.49. The van der Waals surface area contributed by atoms with Gasteiger partial charge in [0.25, 0.3) is 0 Å². The molecule has 0 aromatic heterocycles. The molecule has 0 bridgehead atoms. The first-order valence-corrected chi connectivity index (χ1v) is 14.4. The second kappa shape index (κ2) is 15.9. The lowest BCUT2D eigenvalue weighted by molar-refractivity contribution is -0.142. The van der Waals surface area contributed by atoms with Crippen LogP contribution in [-0.4, -0.2) is 52.6 Å². The summed E-state index contributed by atoms with van der Waals surface area (Å²) in [5.41, 5.74) is 1.85. The number of unbranched alkanes of at least 4 members (excludes halogenated alkanes) is 2. The summed E-state index contributed by atoms with van der Waals surface area (Å²) < 4.78 is 5.48. The highest BCUT2D eigenvalue weighted by Gasteiger charge is 2.36. The summed E-state index contributed by atoms with van der Waals surface area (Å²) in [6, 6.07) is 12.4. The number of phenols is 1. The number of nitrogens with zero attached hydrogens (tertiary/aromatic N) is 1. The largest absolute Gasteiger partial charge is 0.508 e. The third kappa shape index (κ3) is 10.5. The quantitative estimate of drug-likeness (QED) is 0.261. The van der Waals surface area contributed by atoms with E-state index in [1.54, 1.807) is 49.9 Å². The number of carbonyl (C=O) groups is 3. The number of hydrogen-bond donors (Lipinski definition) is 3. The molecule has 3 N–H and O–H groups in total. The maximum absolute atomic E-state index is 14.3. The van der Waals surface area contributed by atoms with Gasteiger partial charge in [0, 0.05) is 19.5 Å². The predicted molar refractivity (Wildman–Crippen MR) is 158 cm³/mol. The zero-order valence-electron chi connectivity index (χ0n) is 25.0. The van der Waals surface area contributed by atoms with Crippen LogP contribution < -0.4 is 10.6 Å². The van der Waals surface area contributed by atoms with Crippen LogP contribution in [0.4, 0.5) is 4.79 Å². The van der Waals surface area contributed by atoms with Gasteiger partial charge in [0.2, 0.25) is 11.8 Å². The molecule has 2 atom stereocenters. The minimum absolute atomic E-state index is 0.107. The molecule has 0 aliphatic carbocycles. The number of phenolic OH excluding ortho intramolecular Hbond substituents is 1. The minimum atomic E-state index is -0.989. The molecule has 0 aliphatic heterocycles. The molecule has 40 heavy (non-hydrogen) atoms. The highest BCUT2D eigenvalue weighted by Crippen LogP contribution is 2.25. The smallest absolute Gasteiger partial charge is 0.408 e. The van der Waals surface area contributed by atoms with Gasteiger partial charge in [-0.05, 0) is 68.9 Å². The third-order valence-corrected chi connectivity index (χ3v) is 6.49. The Bertz CT molecular complexity index is 1080. The maximum atomic E-state index is 14.3. The van der Waals surface area contributed by atoms with Crippen molar-refractivity contribution >= 4 is 17.9 Å². The lowest BCUT2D eigenvalue weighted by atomic mass is 9.98. The molecular formula is C32H47N3O5. The van der Waals surface area contributed by atoms with Crippen LogP contribution >= 0.6 is 0 Å². The molecule has 2 aromatic carbocycles. The van der Waals surface area contributed by atoms with Crippen LogP contribution in [0, 0.1) is 0 Å². The van der Waals surface area contributed by atoms with Crippen molar-refractivity contribution in [2.24, 2.45) is 0 Å². The number of carbonyl (C=O) groups excluding carboxylic acids is 3. The summed E-state index contributed by atoms with van der Waals surface area (Å²) in [5, 5.41) is 15.5. The highest BCUT2D eigenvalue weighted by molar-refractivity contribution is 5.92. The van der Waals surface area contributed by atoms with Gasteiger partial charge in [-0.25, -0.2) is 4.79 Å².